The molecular formula is C30H25BrClN3O6S. The Balaban J connectivity index is 1.46. The lowest BCUT2D eigenvalue weighted by molar-refractivity contribution is 0.0734. The van der Waals surface area contributed by atoms with Crippen LogP contribution in [0.1, 0.15) is 39.6 Å². The molecule has 1 amide bonds. The van der Waals surface area contributed by atoms with E-state index in [0.29, 0.717) is 33.0 Å². The van der Waals surface area contributed by atoms with Crippen LogP contribution >= 0.6 is 27.5 Å². The SMILES string of the molecule is CCCOc1ccc(C(=O)Oc2ccc(Br)cc2C=NNC(=O)c2ccccc2NS(=O)(=O)c2ccc(Cl)cc2)cc1. The molecule has 0 unspecified atom stereocenters. The molecule has 0 fully saturated rings. The molecule has 0 aliphatic carbocycles. The highest BCUT2D eigenvalue weighted by Crippen LogP contribution is 2.24. The predicted octanol–water partition coefficient (Wildman–Crippen LogP) is 6.68. The number of esters is 1. The normalized spacial score (nSPS) is 11.2. The maximum absolute atomic E-state index is 12.9. The molecule has 0 aromatic heterocycles. The number of rotatable bonds is 11. The van der Waals surface area contributed by atoms with Crippen LogP contribution in [0.4, 0.5) is 5.69 Å². The smallest absolute Gasteiger partial charge is 0.343 e. The third kappa shape index (κ3) is 8.19. The molecule has 9 nitrogen and oxygen atoms in total. The second-order valence-corrected chi connectivity index (χ2v) is 11.8. The fourth-order valence-electron chi connectivity index (χ4n) is 3.59. The zero-order valence-corrected chi connectivity index (χ0v) is 25.4. The van der Waals surface area contributed by atoms with Crippen molar-refractivity contribution in [2.45, 2.75) is 18.2 Å². The lowest BCUT2D eigenvalue weighted by Crippen LogP contribution is -2.21. The Labute approximate surface area is 256 Å². The maximum atomic E-state index is 12.9. The van der Waals surface area contributed by atoms with E-state index in [2.05, 4.69) is 31.2 Å². The summed E-state index contributed by atoms with van der Waals surface area (Å²) < 4.78 is 39.9. The first-order chi connectivity index (χ1) is 20.2. The molecule has 4 aromatic rings. The third-order valence-electron chi connectivity index (χ3n) is 5.65. The van der Waals surface area contributed by atoms with Gasteiger partial charge in [0.15, 0.2) is 0 Å². The van der Waals surface area contributed by atoms with Gasteiger partial charge >= 0.3 is 5.97 Å². The standard InChI is InChI=1S/C30H25BrClN3O6S/c1-2-17-40-24-12-7-20(8-13-24)30(37)41-28-16-9-22(31)18-21(28)19-33-34-29(36)26-5-3-4-6-27(26)35-42(38,39)25-14-10-23(32)11-15-25/h3-16,18-19,35H,2,17H2,1H3,(H,34,36). The van der Waals surface area contributed by atoms with Crippen molar-refractivity contribution in [2.24, 2.45) is 5.10 Å². The van der Waals surface area contributed by atoms with Gasteiger partial charge in [0.05, 0.1) is 34.5 Å². The van der Waals surface area contributed by atoms with Gasteiger partial charge in [0.1, 0.15) is 11.5 Å². The Morgan fingerprint density at radius 2 is 1.69 bits per heavy atom. The second kappa shape index (κ2) is 14.1. The highest BCUT2D eigenvalue weighted by atomic mass is 79.9. The average Bonchev–Trinajstić information content (AvgIpc) is 2.98. The summed E-state index contributed by atoms with van der Waals surface area (Å²) in [6, 6.07) is 23.3. The summed E-state index contributed by atoms with van der Waals surface area (Å²) >= 11 is 9.24. The van der Waals surface area contributed by atoms with E-state index >= 15 is 0 Å². The van der Waals surface area contributed by atoms with Crippen LogP contribution in [-0.2, 0) is 10.0 Å². The first kappa shape index (κ1) is 30.8. The first-order valence-corrected chi connectivity index (χ1v) is 15.3. The van der Waals surface area contributed by atoms with Gasteiger partial charge in [-0.3, -0.25) is 9.52 Å². The number of amides is 1. The van der Waals surface area contributed by atoms with Crippen molar-refractivity contribution in [1.82, 2.24) is 5.43 Å². The van der Waals surface area contributed by atoms with Gasteiger partial charge in [0, 0.05) is 15.1 Å². The van der Waals surface area contributed by atoms with Crippen molar-refractivity contribution in [3.05, 3.63) is 117 Å². The lowest BCUT2D eigenvalue weighted by atomic mass is 10.2. The number of anilines is 1. The Morgan fingerprint density at radius 1 is 0.976 bits per heavy atom. The lowest BCUT2D eigenvalue weighted by Gasteiger charge is -2.12. The molecular weight excluding hydrogens is 646 g/mol. The van der Waals surface area contributed by atoms with E-state index in [4.69, 9.17) is 21.1 Å². The van der Waals surface area contributed by atoms with Gasteiger partial charge < -0.3 is 9.47 Å². The van der Waals surface area contributed by atoms with Gasteiger partial charge in [0.25, 0.3) is 15.9 Å². The number of para-hydroxylation sites is 1. The van der Waals surface area contributed by atoms with Crippen molar-refractivity contribution in [3.8, 4) is 11.5 Å². The van der Waals surface area contributed by atoms with Crippen LogP contribution < -0.4 is 19.6 Å². The molecule has 0 aliphatic heterocycles. The van der Waals surface area contributed by atoms with Crippen LogP contribution in [0.5, 0.6) is 11.5 Å². The number of hydrazone groups is 1. The van der Waals surface area contributed by atoms with Crippen molar-refractivity contribution in [3.63, 3.8) is 0 Å². The number of carbonyl (C=O) groups excluding carboxylic acids is 2. The van der Waals surface area contributed by atoms with Gasteiger partial charge in [-0.05, 0) is 85.3 Å². The topological polar surface area (TPSA) is 123 Å². The van der Waals surface area contributed by atoms with Gasteiger partial charge in [0.2, 0.25) is 0 Å². The van der Waals surface area contributed by atoms with Crippen LogP contribution in [-0.4, -0.2) is 33.1 Å². The van der Waals surface area contributed by atoms with Gasteiger partial charge in [-0.15, -0.1) is 0 Å². The molecule has 42 heavy (non-hydrogen) atoms. The summed E-state index contributed by atoms with van der Waals surface area (Å²) in [6.45, 7) is 2.58. The Kier molecular flexibility index (Phi) is 10.3. The quantitative estimate of drug-likeness (QED) is 0.0795. The second-order valence-electron chi connectivity index (χ2n) is 8.75. The molecule has 0 atom stereocenters. The maximum Gasteiger partial charge on any atom is 0.343 e. The minimum atomic E-state index is -3.99. The molecule has 4 rings (SSSR count). The van der Waals surface area contributed by atoms with Crippen LogP contribution in [0.25, 0.3) is 0 Å². The summed E-state index contributed by atoms with van der Waals surface area (Å²) in [5.41, 5.74) is 3.21. The van der Waals surface area contributed by atoms with Gasteiger partial charge in [-0.2, -0.15) is 5.10 Å². The zero-order valence-electron chi connectivity index (χ0n) is 22.2. The molecule has 0 radical (unpaired) electrons. The summed E-state index contributed by atoms with van der Waals surface area (Å²) in [7, 11) is -3.99. The Hall–Kier alpha value is -4.19. The first-order valence-electron chi connectivity index (χ1n) is 12.6. The van der Waals surface area contributed by atoms with E-state index in [1.807, 2.05) is 6.92 Å². The fraction of sp³-hybridized carbons (Fsp3) is 0.100. The number of nitrogens with one attached hydrogen (secondary N) is 2. The predicted molar refractivity (Wildman–Crippen MR) is 165 cm³/mol. The molecule has 0 aliphatic rings. The number of nitrogens with zero attached hydrogens (tertiary/aromatic N) is 1. The number of hydrogen-bond acceptors (Lipinski definition) is 7. The summed E-state index contributed by atoms with van der Waals surface area (Å²) in [6.07, 6.45) is 2.18. The summed E-state index contributed by atoms with van der Waals surface area (Å²) in [5, 5.41) is 4.39. The number of ether oxygens (including phenoxy) is 2. The number of hydrogen-bond donors (Lipinski definition) is 2. The number of sulfonamides is 1. The average molecular weight is 671 g/mol. The molecule has 0 saturated carbocycles. The highest BCUT2D eigenvalue weighted by Gasteiger charge is 2.19. The minimum absolute atomic E-state index is 0.0161. The van der Waals surface area contributed by atoms with E-state index < -0.39 is 21.9 Å². The molecule has 0 saturated heterocycles. The van der Waals surface area contributed by atoms with E-state index in [0.717, 1.165) is 6.42 Å². The van der Waals surface area contributed by atoms with Crippen LogP contribution in [0.3, 0.4) is 0 Å². The molecule has 216 valence electrons. The van der Waals surface area contributed by atoms with Crippen molar-refractivity contribution < 1.29 is 27.5 Å². The van der Waals surface area contributed by atoms with Crippen molar-refractivity contribution in [1.29, 1.82) is 0 Å². The summed E-state index contributed by atoms with van der Waals surface area (Å²) in [4.78, 5) is 25.7. The van der Waals surface area contributed by atoms with Crippen LogP contribution in [0.15, 0.2) is 105 Å². The van der Waals surface area contributed by atoms with Gasteiger partial charge in [-0.1, -0.05) is 46.6 Å². The van der Waals surface area contributed by atoms with Crippen LogP contribution in [0, 0.1) is 0 Å². The van der Waals surface area contributed by atoms with Crippen LogP contribution in [0.2, 0.25) is 5.02 Å². The number of benzene rings is 4. The monoisotopic (exact) mass is 669 g/mol. The fourth-order valence-corrected chi connectivity index (χ4v) is 5.17. The van der Waals surface area contributed by atoms with E-state index in [1.54, 1.807) is 54.6 Å². The molecule has 0 bridgehead atoms. The minimum Gasteiger partial charge on any atom is -0.494 e. The number of halogens is 2. The molecule has 0 heterocycles. The molecule has 0 spiro atoms. The Morgan fingerprint density at radius 3 is 2.40 bits per heavy atom. The summed E-state index contributed by atoms with van der Waals surface area (Å²) in [5.74, 6) is -0.386. The Bertz CT molecular complexity index is 1710. The van der Waals surface area contributed by atoms with Crippen molar-refractivity contribution in [2.75, 3.05) is 11.3 Å². The molecule has 4 aromatic carbocycles. The zero-order chi connectivity index (χ0) is 30.1. The number of carbonyl (C=O) groups is 2. The molecule has 2 N–H and O–H groups in total. The highest BCUT2D eigenvalue weighted by molar-refractivity contribution is 9.10. The van der Waals surface area contributed by atoms with E-state index in [9.17, 15) is 18.0 Å². The van der Waals surface area contributed by atoms with Crippen molar-refractivity contribution >= 4 is 61.3 Å². The molecule has 12 heteroatoms. The van der Waals surface area contributed by atoms with E-state index in [1.165, 1.54) is 42.6 Å². The van der Waals surface area contributed by atoms with E-state index in [-0.39, 0.29) is 21.9 Å². The van der Waals surface area contributed by atoms with Gasteiger partial charge in [-0.25, -0.2) is 18.6 Å². The largest absolute Gasteiger partial charge is 0.494 e. The third-order valence-corrected chi connectivity index (χ3v) is 7.77.